The van der Waals surface area contributed by atoms with Crippen molar-refractivity contribution < 1.29 is 9.13 Å². The van der Waals surface area contributed by atoms with Gasteiger partial charge in [0.05, 0.1) is 18.5 Å². The average molecular weight is 314 g/mol. The van der Waals surface area contributed by atoms with E-state index in [-0.39, 0.29) is 5.82 Å². The summed E-state index contributed by atoms with van der Waals surface area (Å²) in [5, 5.41) is 4.18. The molecule has 2 aromatic carbocycles. The molecule has 0 amide bonds. The van der Waals surface area contributed by atoms with Gasteiger partial charge in [-0.15, -0.1) is 0 Å². The Morgan fingerprint density at radius 2 is 1.83 bits per heavy atom. The highest BCUT2D eigenvalue weighted by Gasteiger charge is 2.00. The van der Waals surface area contributed by atoms with Crippen LogP contribution in [0, 0.1) is 5.82 Å². The first-order chi connectivity index (χ1) is 11.3. The number of unbranched alkanes of at least 4 members (excludes halogenated alkanes) is 3. The van der Waals surface area contributed by atoms with Crippen LogP contribution in [0.25, 0.3) is 0 Å². The van der Waals surface area contributed by atoms with E-state index in [0.29, 0.717) is 0 Å². The molecule has 1 N–H and O–H groups in total. The van der Waals surface area contributed by atoms with Gasteiger partial charge in [0, 0.05) is 5.56 Å². The molecule has 0 aliphatic heterocycles. The maximum atomic E-state index is 12.8. The van der Waals surface area contributed by atoms with Crippen LogP contribution in [0.5, 0.6) is 5.75 Å². The minimum absolute atomic E-state index is 0.263. The zero-order valence-electron chi connectivity index (χ0n) is 13.5. The molecule has 0 saturated heterocycles. The summed E-state index contributed by atoms with van der Waals surface area (Å²) in [7, 11) is 0. The Morgan fingerprint density at radius 1 is 1.04 bits per heavy atom. The minimum Gasteiger partial charge on any atom is -0.493 e. The smallest absolute Gasteiger partial charge is 0.128 e. The standard InChI is InChI=1S/C19H23FN2O/c1-2-3-4-7-14-23-19-9-6-5-8-16(19)15-21-22-18-12-10-17(20)11-13-18/h5-6,8-13,15,22H,2-4,7,14H2,1H3. The van der Waals surface area contributed by atoms with E-state index in [9.17, 15) is 4.39 Å². The molecule has 0 unspecified atom stereocenters. The van der Waals surface area contributed by atoms with Crippen LogP contribution < -0.4 is 10.2 Å². The zero-order chi connectivity index (χ0) is 16.3. The van der Waals surface area contributed by atoms with Gasteiger partial charge in [0.15, 0.2) is 0 Å². The fourth-order valence-corrected chi connectivity index (χ4v) is 2.13. The number of nitrogens with zero attached hydrogens (tertiary/aromatic N) is 1. The van der Waals surface area contributed by atoms with Crippen LogP contribution in [0.1, 0.15) is 38.2 Å². The summed E-state index contributed by atoms with van der Waals surface area (Å²) >= 11 is 0. The van der Waals surface area contributed by atoms with Gasteiger partial charge in [-0.05, 0) is 42.8 Å². The third kappa shape index (κ3) is 6.10. The van der Waals surface area contributed by atoms with Gasteiger partial charge < -0.3 is 4.74 Å². The molecule has 0 spiro atoms. The Morgan fingerprint density at radius 3 is 2.61 bits per heavy atom. The molecular formula is C19H23FN2O. The number of halogens is 1. The van der Waals surface area contributed by atoms with Crippen molar-refractivity contribution in [3.8, 4) is 5.75 Å². The first-order valence-electron chi connectivity index (χ1n) is 8.06. The highest BCUT2D eigenvalue weighted by atomic mass is 19.1. The molecule has 2 rings (SSSR count). The monoisotopic (exact) mass is 314 g/mol. The summed E-state index contributed by atoms with van der Waals surface area (Å²) < 4.78 is 18.7. The van der Waals surface area contributed by atoms with E-state index in [0.717, 1.165) is 30.0 Å². The molecule has 0 aliphatic rings. The highest BCUT2D eigenvalue weighted by molar-refractivity contribution is 5.83. The predicted octanol–water partition coefficient (Wildman–Crippen LogP) is 5.23. The van der Waals surface area contributed by atoms with Crippen molar-refractivity contribution in [2.24, 2.45) is 5.10 Å². The van der Waals surface area contributed by atoms with Crippen molar-refractivity contribution in [1.82, 2.24) is 0 Å². The van der Waals surface area contributed by atoms with Gasteiger partial charge in [-0.1, -0.05) is 38.3 Å². The van der Waals surface area contributed by atoms with Crippen molar-refractivity contribution in [3.05, 3.63) is 59.9 Å². The molecule has 0 aliphatic carbocycles. The second kappa shape index (κ2) is 9.62. The molecule has 2 aromatic rings. The van der Waals surface area contributed by atoms with E-state index in [1.165, 1.54) is 31.4 Å². The molecule has 4 heteroatoms. The fraction of sp³-hybridized carbons (Fsp3) is 0.316. The second-order valence-electron chi connectivity index (χ2n) is 5.32. The molecule has 122 valence electrons. The van der Waals surface area contributed by atoms with Crippen LogP contribution in [-0.2, 0) is 0 Å². The van der Waals surface area contributed by atoms with Gasteiger partial charge in [0.25, 0.3) is 0 Å². The van der Waals surface area contributed by atoms with Crippen LogP contribution in [-0.4, -0.2) is 12.8 Å². The van der Waals surface area contributed by atoms with Crippen LogP contribution in [0.2, 0.25) is 0 Å². The molecule has 0 saturated carbocycles. The molecule has 0 heterocycles. The Hall–Kier alpha value is -2.36. The Bertz CT molecular complexity index is 611. The number of rotatable bonds is 9. The van der Waals surface area contributed by atoms with Crippen LogP contribution in [0.4, 0.5) is 10.1 Å². The lowest BCUT2D eigenvalue weighted by Gasteiger charge is -2.08. The molecule has 0 bridgehead atoms. The van der Waals surface area contributed by atoms with E-state index in [1.807, 2.05) is 24.3 Å². The van der Waals surface area contributed by atoms with Crippen molar-refractivity contribution in [2.75, 3.05) is 12.0 Å². The van der Waals surface area contributed by atoms with Gasteiger partial charge in [-0.25, -0.2) is 4.39 Å². The minimum atomic E-state index is -0.263. The van der Waals surface area contributed by atoms with E-state index < -0.39 is 0 Å². The summed E-state index contributed by atoms with van der Waals surface area (Å²) in [5.74, 6) is 0.565. The lowest BCUT2D eigenvalue weighted by Crippen LogP contribution is -2.00. The summed E-state index contributed by atoms with van der Waals surface area (Å²) in [4.78, 5) is 0. The highest BCUT2D eigenvalue weighted by Crippen LogP contribution is 2.17. The second-order valence-corrected chi connectivity index (χ2v) is 5.32. The first kappa shape index (κ1) is 17.0. The van der Waals surface area contributed by atoms with Gasteiger partial charge in [-0.3, -0.25) is 5.43 Å². The molecule has 0 fully saturated rings. The van der Waals surface area contributed by atoms with Crippen molar-refractivity contribution >= 4 is 11.9 Å². The molecule has 0 radical (unpaired) electrons. The quantitative estimate of drug-likeness (QED) is 0.390. The SMILES string of the molecule is CCCCCCOc1ccccc1C=NNc1ccc(F)cc1. The van der Waals surface area contributed by atoms with E-state index in [1.54, 1.807) is 18.3 Å². The van der Waals surface area contributed by atoms with Crippen molar-refractivity contribution in [1.29, 1.82) is 0 Å². The average Bonchev–Trinajstić information content (AvgIpc) is 2.58. The Labute approximate surface area is 137 Å². The van der Waals surface area contributed by atoms with Crippen molar-refractivity contribution in [2.45, 2.75) is 32.6 Å². The first-order valence-corrected chi connectivity index (χ1v) is 8.06. The predicted molar refractivity (Wildman–Crippen MR) is 93.7 cm³/mol. The largest absolute Gasteiger partial charge is 0.493 e. The number of ether oxygens (including phenoxy) is 1. The summed E-state index contributed by atoms with van der Waals surface area (Å²) in [6.07, 6.45) is 6.43. The molecule has 0 atom stereocenters. The fourth-order valence-electron chi connectivity index (χ4n) is 2.13. The number of hydrogen-bond donors (Lipinski definition) is 1. The van der Waals surface area contributed by atoms with Gasteiger partial charge in [0.2, 0.25) is 0 Å². The van der Waals surface area contributed by atoms with E-state index >= 15 is 0 Å². The molecule has 0 aromatic heterocycles. The Balaban J connectivity index is 1.88. The molecule has 23 heavy (non-hydrogen) atoms. The topological polar surface area (TPSA) is 33.6 Å². The third-order valence-electron chi connectivity index (χ3n) is 3.42. The summed E-state index contributed by atoms with van der Waals surface area (Å²) in [5.41, 5.74) is 4.53. The summed E-state index contributed by atoms with van der Waals surface area (Å²) in [6.45, 7) is 2.91. The van der Waals surface area contributed by atoms with Crippen LogP contribution >= 0.6 is 0 Å². The number of hydrazone groups is 1. The lowest BCUT2D eigenvalue weighted by atomic mass is 10.2. The van der Waals surface area contributed by atoms with Crippen LogP contribution in [0.3, 0.4) is 0 Å². The lowest BCUT2D eigenvalue weighted by molar-refractivity contribution is 0.304. The number of para-hydroxylation sites is 1. The maximum Gasteiger partial charge on any atom is 0.128 e. The maximum absolute atomic E-state index is 12.8. The van der Waals surface area contributed by atoms with Gasteiger partial charge >= 0.3 is 0 Å². The third-order valence-corrected chi connectivity index (χ3v) is 3.42. The van der Waals surface area contributed by atoms with Crippen LogP contribution in [0.15, 0.2) is 53.6 Å². The summed E-state index contributed by atoms with van der Waals surface area (Å²) in [6, 6.07) is 13.9. The zero-order valence-corrected chi connectivity index (χ0v) is 13.5. The Kier molecular flexibility index (Phi) is 7.11. The molecular weight excluding hydrogens is 291 g/mol. The number of anilines is 1. The number of benzene rings is 2. The normalized spacial score (nSPS) is 10.9. The van der Waals surface area contributed by atoms with Gasteiger partial charge in [-0.2, -0.15) is 5.10 Å². The molecule has 3 nitrogen and oxygen atoms in total. The van der Waals surface area contributed by atoms with E-state index in [2.05, 4.69) is 17.5 Å². The van der Waals surface area contributed by atoms with Crippen molar-refractivity contribution in [3.63, 3.8) is 0 Å². The number of nitrogens with one attached hydrogen (secondary N) is 1. The van der Waals surface area contributed by atoms with Gasteiger partial charge in [0.1, 0.15) is 11.6 Å². The number of hydrogen-bond acceptors (Lipinski definition) is 3. The van der Waals surface area contributed by atoms with E-state index in [4.69, 9.17) is 4.74 Å².